The quantitative estimate of drug-likeness (QED) is 0.574. The molecule has 0 aliphatic rings. The maximum Gasteiger partial charge on any atom is 0.251 e. The van der Waals surface area contributed by atoms with E-state index in [4.69, 9.17) is 0 Å². The summed E-state index contributed by atoms with van der Waals surface area (Å²) >= 11 is 0. The van der Waals surface area contributed by atoms with Gasteiger partial charge in [0.1, 0.15) is 11.4 Å². The number of benzene rings is 2. The highest BCUT2D eigenvalue weighted by molar-refractivity contribution is 5.76. The molecular formula is C22H18FN5O. The van der Waals surface area contributed by atoms with Gasteiger partial charge in [-0.15, -0.1) is 0 Å². The molecule has 0 fully saturated rings. The lowest BCUT2D eigenvalue weighted by Gasteiger charge is -2.15. The smallest absolute Gasteiger partial charge is 0.251 e. The van der Waals surface area contributed by atoms with Crippen molar-refractivity contribution in [2.24, 2.45) is 0 Å². The van der Waals surface area contributed by atoms with Gasteiger partial charge in [0.15, 0.2) is 0 Å². The second-order valence-corrected chi connectivity index (χ2v) is 7.41. The Labute approximate surface area is 166 Å². The van der Waals surface area contributed by atoms with Crippen LogP contribution in [0.5, 0.6) is 0 Å². The lowest BCUT2D eigenvalue weighted by Crippen LogP contribution is -2.19. The first-order chi connectivity index (χ1) is 13.8. The Morgan fingerprint density at radius 1 is 1.10 bits per heavy atom. The average Bonchev–Trinajstić information content (AvgIpc) is 3.11. The van der Waals surface area contributed by atoms with Gasteiger partial charge in [-0.1, -0.05) is 12.1 Å². The first kappa shape index (κ1) is 18.7. The zero-order valence-corrected chi connectivity index (χ0v) is 16.2. The van der Waals surface area contributed by atoms with Crippen LogP contribution in [-0.4, -0.2) is 24.7 Å². The van der Waals surface area contributed by atoms with Crippen LogP contribution in [0.3, 0.4) is 0 Å². The number of aryl methyl sites for hydroxylation is 1. The van der Waals surface area contributed by atoms with Gasteiger partial charge in [0.25, 0.3) is 5.78 Å². The zero-order chi connectivity index (χ0) is 20.8. The van der Waals surface area contributed by atoms with Gasteiger partial charge >= 0.3 is 0 Å². The molecule has 0 atom stereocenters. The largest absolute Gasteiger partial charge is 0.384 e. The van der Waals surface area contributed by atoms with E-state index in [-0.39, 0.29) is 0 Å². The summed E-state index contributed by atoms with van der Waals surface area (Å²) < 4.78 is 16.2. The van der Waals surface area contributed by atoms with Crippen molar-refractivity contribution in [1.29, 1.82) is 5.26 Å². The van der Waals surface area contributed by atoms with Crippen molar-refractivity contribution >= 4 is 5.78 Å². The molecule has 29 heavy (non-hydrogen) atoms. The topological polar surface area (TPSA) is 87.1 Å². The first-order valence-corrected chi connectivity index (χ1v) is 9.02. The molecule has 4 rings (SSSR count). The van der Waals surface area contributed by atoms with Gasteiger partial charge in [-0.05, 0) is 50.6 Å². The summed E-state index contributed by atoms with van der Waals surface area (Å²) in [5, 5.41) is 23.9. The van der Waals surface area contributed by atoms with Crippen molar-refractivity contribution in [3.8, 4) is 28.5 Å². The van der Waals surface area contributed by atoms with Crippen molar-refractivity contribution in [2.75, 3.05) is 0 Å². The number of nitrogens with zero attached hydrogens (tertiary/aromatic N) is 5. The molecule has 2 aromatic heterocycles. The van der Waals surface area contributed by atoms with Gasteiger partial charge in [0.05, 0.1) is 35.4 Å². The molecule has 2 aromatic carbocycles. The van der Waals surface area contributed by atoms with E-state index in [1.54, 1.807) is 44.3 Å². The van der Waals surface area contributed by atoms with E-state index in [2.05, 4.69) is 21.1 Å². The van der Waals surface area contributed by atoms with Crippen LogP contribution >= 0.6 is 0 Å². The number of halogens is 1. The van der Waals surface area contributed by atoms with Crippen LogP contribution in [0.25, 0.3) is 28.2 Å². The molecule has 0 unspecified atom stereocenters. The standard InChI is InChI=1S/C22H18FN5O/c1-13-4-6-16(15(8-13)10-24)17-9-14(5-7-18(17)23)19-11-25-21-27-20(22(2,3)29)12-26-28(19)21/h4-9,11-12,29H,1-3H3. The van der Waals surface area contributed by atoms with E-state index < -0.39 is 11.4 Å². The van der Waals surface area contributed by atoms with Crippen LogP contribution in [-0.2, 0) is 5.60 Å². The molecule has 4 aromatic rings. The first-order valence-electron chi connectivity index (χ1n) is 9.02. The van der Waals surface area contributed by atoms with Crippen LogP contribution in [0, 0.1) is 24.1 Å². The molecule has 0 radical (unpaired) electrons. The van der Waals surface area contributed by atoms with Crippen LogP contribution in [0.1, 0.15) is 30.7 Å². The number of aromatic nitrogens is 4. The minimum absolute atomic E-state index is 0.329. The Balaban J connectivity index is 1.86. The molecule has 0 amide bonds. The molecule has 7 heteroatoms. The van der Waals surface area contributed by atoms with E-state index in [0.717, 1.165) is 5.56 Å². The normalized spacial score (nSPS) is 11.6. The highest BCUT2D eigenvalue weighted by atomic mass is 19.1. The van der Waals surface area contributed by atoms with Gasteiger partial charge < -0.3 is 5.11 Å². The molecule has 0 saturated heterocycles. The maximum absolute atomic E-state index is 14.6. The summed E-state index contributed by atoms with van der Waals surface area (Å²) in [6.07, 6.45) is 3.08. The lowest BCUT2D eigenvalue weighted by atomic mass is 9.96. The summed E-state index contributed by atoms with van der Waals surface area (Å²) in [4.78, 5) is 8.62. The molecular weight excluding hydrogens is 369 g/mol. The van der Waals surface area contributed by atoms with E-state index >= 15 is 0 Å². The SMILES string of the molecule is Cc1ccc(-c2cc(-c3cnc4nc(C(C)(C)O)cnn34)ccc2F)c(C#N)c1. The van der Waals surface area contributed by atoms with Crippen molar-refractivity contribution in [3.63, 3.8) is 0 Å². The van der Waals surface area contributed by atoms with Crippen molar-refractivity contribution in [1.82, 2.24) is 19.6 Å². The summed E-state index contributed by atoms with van der Waals surface area (Å²) in [7, 11) is 0. The van der Waals surface area contributed by atoms with Crippen molar-refractivity contribution in [3.05, 3.63) is 71.4 Å². The summed E-state index contributed by atoms with van der Waals surface area (Å²) in [6, 6.07) is 12.1. The molecule has 0 saturated carbocycles. The third-order valence-electron chi connectivity index (χ3n) is 4.71. The van der Waals surface area contributed by atoms with E-state index in [0.29, 0.717) is 39.4 Å². The second-order valence-electron chi connectivity index (χ2n) is 7.41. The summed E-state index contributed by atoms with van der Waals surface area (Å²) in [5.41, 5.74) is 2.78. The Bertz CT molecular complexity index is 1280. The molecule has 1 N–H and O–H groups in total. The fourth-order valence-corrected chi connectivity index (χ4v) is 3.14. The number of hydrogen-bond donors (Lipinski definition) is 1. The number of imidazole rings is 1. The van der Waals surface area contributed by atoms with Crippen LogP contribution in [0.4, 0.5) is 4.39 Å². The minimum atomic E-state index is -1.14. The Morgan fingerprint density at radius 3 is 2.62 bits per heavy atom. The third kappa shape index (κ3) is 3.35. The highest BCUT2D eigenvalue weighted by Crippen LogP contribution is 2.31. The monoisotopic (exact) mass is 387 g/mol. The molecule has 0 aliphatic heterocycles. The van der Waals surface area contributed by atoms with E-state index in [1.165, 1.54) is 16.8 Å². The predicted octanol–water partition coefficient (Wildman–Crippen LogP) is 4.00. The Kier molecular flexibility index (Phi) is 4.36. The maximum atomic E-state index is 14.6. The molecule has 0 spiro atoms. The van der Waals surface area contributed by atoms with E-state index in [1.807, 2.05) is 13.0 Å². The molecule has 0 bridgehead atoms. The fourth-order valence-electron chi connectivity index (χ4n) is 3.14. The number of nitriles is 1. The number of rotatable bonds is 3. The number of hydrogen-bond acceptors (Lipinski definition) is 5. The molecule has 2 heterocycles. The lowest BCUT2D eigenvalue weighted by molar-refractivity contribution is 0.0734. The van der Waals surface area contributed by atoms with E-state index in [9.17, 15) is 14.8 Å². The highest BCUT2D eigenvalue weighted by Gasteiger charge is 2.20. The number of aliphatic hydroxyl groups is 1. The molecule has 6 nitrogen and oxygen atoms in total. The van der Waals surface area contributed by atoms with Gasteiger partial charge in [-0.25, -0.2) is 14.4 Å². The molecule has 0 aliphatic carbocycles. The van der Waals surface area contributed by atoms with Crippen molar-refractivity contribution in [2.45, 2.75) is 26.4 Å². The van der Waals surface area contributed by atoms with Crippen LogP contribution < -0.4 is 0 Å². The third-order valence-corrected chi connectivity index (χ3v) is 4.71. The predicted molar refractivity (Wildman–Crippen MR) is 106 cm³/mol. The van der Waals surface area contributed by atoms with Gasteiger partial charge in [-0.2, -0.15) is 14.9 Å². The van der Waals surface area contributed by atoms with Gasteiger partial charge in [0.2, 0.25) is 0 Å². The Hall–Kier alpha value is -3.63. The summed E-state index contributed by atoms with van der Waals surface area (Å²) in [6.45, 7) is 5.13. The zero-order valence-electron chi connectivity index (χ0n) is 16.2. The number of fused-ring (bicyclic) bond motifs is 1. The summed E-state index contributed by atoms with van der Waals surface area (Å²) in [5.74, 6) is -0.0862. The fraction of sp³-hybridized carbons (Fsp3) is 0.182. The van der Waals surface area contributed by atoms with Crippen LogP contribution in [0.2, 0.25) is 0 Å². The Morgan fingerprint density at radius 2 is 1.90 bits per heavy atom. The average molecular weight is 387 g/mol. The molecule has 144 valence electrons. The van der Waals surface area contributed by atoms with Crippen LogP contribution in [0.15, 0.2) is 48.8 Å². The van der Waals surface area contributed by atoms with Gasteiger partial charge in [0, 0.05) is 16.7 Å². The van der Waals surface area contributed by atoms with Gasteiger partial charge in [-0.3, -0.25) is 0 Å². The minimum Gasteiger partial charge on any atom is -0.384 e. The second kappa shape index (κ2) is 6.76. The van der Waals surface area contributed by atoms with Crippen molar-refractivity contribution < 1.29 is 9.50 Å².